The lowest BCUT2D eigenvalue weighted by Crippen LogP contribution is -2.33. The summed E-state index contributed by atoms with van der Waals surface area (Å²) in [5.41, 5.74) is 2.38. The standard InChI is InChI=1S/C15H25N3O2/c1-10(2)15(5,6)9-16-8-13-12(4)14(18(19)20)11(3)7-17-13/h7,10,16H,8-9H2,1-6H3. The van der Waals surface area contributed by atoms with Crippen LogP contribution < -0.4 is 5.32 Å². The number of aryl methyl sites for hydroxylation is 1. The van der Waals surface area contributed by atoms with Crippen LogP contribution in [-0.2, 0) is 6.54 Å². The van der Waals surface area contributed by atoms with Crippen molar-refractivity contribution in [1.29, 1.82) is 0 Å². The van der Waals surface area contributed by atoms with Gasteiger partial charge in [0.25, 0.3) is 5.69 Å². The summed E-state index contributed by atoms with van der Waals surface area (Å²) in [7, 11) is 0. The molecule has 0 amide bonds. The third-order valence-electron chi connectivity index (χ3n) is 4.19. The third-order valence-corrected chi connectivity index (χ3v) is 4.19. The largest absolute Gasteiger partial charge is 0.311 e. The minimum absolute atomic E-state index is 0.180. The molecule has 1 rings (SSSR count). The Morgan fingerprint density at radius 1 is 1.40 bits per heavy atom. The van der Waals surface area contributed by atoms with E-state index in [4.69, 9.17) is 0 Å². The number of nitrogens with zero attached hydrogens (tertiary/aromatic N) is 2. The van der Waals surface area contributed by atoms with Gasteiger partial charge in [-0.25, -0.2) is 0 Å². The molecule has 0 aliphatic carbocycles. The SMILES string of the molecule is Cc1cnc(CNCC(C)(C)C(C)C)c(C)c1[N+](=O)[O-]. The van der Waals surface area contributed by atoms with Gasteiger partial charge in [0, 0.05) is 30.4 Å². The molecule has 112 valence electrons. The van der Waals surface area contributed by atoms with Gasteiger partial charge in [0.15, 0.2) is 0 Å². The van der Waals surface area contributed by atoms with E-state index in [0.29, 0.717) is 23.6 Å². The average molecular weight is 279 g/mol. The highest BCUT2D eigenvalue weighted by Gasteiger charge is 2.22. The van der Waals surface area contributed by atoms with E-state index in [1.807, 2.05) is 0 Å². The number of aromatic nitrogens is 1. The van der Waals surface area contributed by atoms with Gasteiger partial charge in [0.2, 0.25) is 0 Å². The molecule has 1 N–H and O–H groups in total. The Bertz CT molecular complexity index is 496. The predicted molar refractivity (Wildman–Crippen MR) is 80.7 cm³/mol. The van der Waals surface area contributed by atoms with E-state index in [0.717, 1.165) is 12.2 Å². The summed E-state index contributed by atoms with van der Waals surface area (Å²) in [5.74, 6) is 0.566. The molecule has 0 fully saturated rings. The lowest BCUT2D eigenvalue weighted by molar-refractivity contribution is -0.386. The van der Waals surface area contributed by atoms with Crippen molar-refractivity contribution in [2.24, 2.45) is 11.3 Å². The van der Waals surface area contributed by atoms with Gasteiger partial charge in [0.1, 0.15) is 0 Å². The van der Waals surface area contributed by atoms with Crippen molar-refractivity contribution < 1.29 is 4.92 Å². The Labute approximate surface area is 121 Å². The number of nitro groups is 1. The number of pyridine rings is 1. The molecule has 0 spiro atoms. The van der Waals surface area contributed by atoms with Crippen LogP contribution in [0.2, 0.25) is 0 Å². The van der Waals surface area contributed by atoms with Crippen LogP contribution in [0, 0.1) is 35.3 Å². The van der Waals surface area contributed by atoms with Crippen LogP contribution in [-0.4, -0.2) is 16.5 Å². The number of hydrogen-bond donors (Lipinski definition) is 1. The van der Waals surface area contributed by atoms with Crippen molar-refractivity contribution in [3.8, 4) is 0 Å². The molecule has 1 aromatic rings. The molecular weight excluding hydrogens is 254 g/mol. The maximum absolute atomic E-state index is 11.1. The lowest BCUT2D eigenvalue weighted by Gasteiger charge is -2.29. The Morgan fingerprint density at radius 3 is 2.50 bits per heavy atom. The van der Waals surface area contributed by atoms with Gasteiger partial charge >= 0.3 is 0 Å². The first-order valence-corrected chi connectivity index (χ1v) is 6.97. The van der Waals surface area contributed by atoms with Crippen molar-refractivity contribution in [3.63, 3.8) is 0 Å². The molecule has 5 heteroatoms. The van der Waals surface area contributed by atoms with Crippen molar-refractivity contribution in [1.82, 2.24) is 10.3 Å². The summed E-state index contributed by atoms with van der Waals surface area (Å²) < 4.78 is 0. The molecule has 0 aliphatic heterocycles. The van der Waals surface area contributed by atoms with E-state index >= 15 is 0 Å². The second-order valence-corrected chi connectivity index (χ2v) is 6.37. The fourth-order valence-corrected chi connectivity index (χ4v) is 1.93. The molecule has 0 saturated carbocycles. The van der Waals surface area contributed by atoms with Crippen LogP contribution in [0.3, 0.4) is 0 Å². The summed E-state index contributed by atoms with van der Waals surface area (Å²) in [5, 5.41) is 14.4. The Kier molecular flexibility index (Phi) is 5.22. The zero-order valence-electron chi connectivity index (χ0n) is 13.3. The predicted octanol–water partition coefficient (Wildman–Crippen LogP) is 3.38. The highest BCUT2D eigenvalue weighted by molar-refractivity contribution is 5.47. The first-order chi connectivity index (χ1) is 9.16. The molecule has 20 heavy (non-hydrogen) atoms. The Morgan fingerprint density at radius 2 is 2.00 bits per heavy atom. The van der Waals surface area contributed by atoms with Gasteiger partial charge in [-0.05, 0) is 25.2 Å². The maximum Gasteiger partial charge on any atom is 0.278 e. The van der Waals surface area contributed by atoms with E-state index in [1.54, 1.807) is 20.0 Å². The van der Waals surface area contributed by atoms with Gasteiger partial charge < -0.3 is 5.32 Å². The number of rotatable bonds is 6. The lowest BCUT2D eigenvalue weighted by atomic mass is 9.81. The molecule has 1 aromatic heterocycles. The van der Waals surface area contributed by atoms with Crippen LogP contribution in [0.4, 0.5) is 5.69 Å². The average Bonchev–Trinajstić information content (AvgIpc) is 2.31. The van der Waals surface area contributed by atoms with Crippen molar-refractivity contribution in [2.45, 2.75) is 48.1 Å². The minimum Gasteiger partial charge on any atom is -0.311 e. The summed E-state index contributed by atoms with van der Waals surface area (Å²) in [6.45, 7) is 13.7. The van der Waals surface area contributed by atoms with Crippen molar-refractivity contribution in [2.75, 3.05) is 6.54 Å². The zero-order valence-corrected chi connectivity index (χ0v) is 13.3. The van der Waals surface area contributed by atoms with Gasteiger partial charge in [-0.2, -0.15) is 0 Å². The van der Waals surface area contributed by atoms with E-state index in [9.17, 15) is 10.1 Å². The second-order valence-electron chi connectivity index (χ2n) is 6.37. The molecule has 0 aromatic carbocycles. The first kappa shape index (κ1) is 16.6. The monoisotopic (exact) mass is 279 g/mol. The fourth-order valence-electron chi connectivity index (χ4n) is 1.93. The Balaban J connectivity index is 2.80. The third kappa shape index (κ3) is 3.76. The fraction of sp³-hybridized carbons (Fsp3) is 0.667. The molecule has 0 aliphatic rings. The topological polar surface area (TPSA) is 68.1 Å². The van der Waals surface area contributed by atoms with E-state index in [-0.39, 0.29) is 16.0 Å². The van der Waals surface area contributed by atoms with Crippen LogP contribution in [0.1, 0.15) is 44.5 Å². The molecule has 0 atom stereocenters. The highest BCUT2D eigenvalue weighted by Crippen LogP contribution is 2.26. The second kappa shape index (κ2) is 6.31. The van der Waals surface area contributed by atoms with Gasteiger partial charge in [0.05, 0.1) is 10.6 Å². The number of hydrogen-bond acceptors (Lipinski definition) is 4. The molecule has 0 bridgehead atoms. The van der Waals surface area contributed by atoms with Gasteiger partial charge in [-0.15, -0.1) is 0 Å². The molecule has 0 radical (unpaired) electrons. The van der Waals surface area contributed by atoms with E-state index in [2.05, 4.69) is 38.0 Å². The van der Waals surface area contributed by atoms with Gasteiger partial charge in [-0.1, -0.05) is 27.7 Å². The maximum atomic E-state index is 11.1. The highest BCUT2D eigenvalue weighted by atomic mass is 16.6. The molecule has 0 saturated heterocycles. The Hall–Kier alpha value is -1.49. The quantitative estimate of drug-likeness (QED) is 0.640. The smallest absolute Gasteiger partial charge is 0.278 e. The van der Waals surface area contributed by atoms with E-state index in [1.165, 1.54) is 0 Å². The normalized spacial score (nSPS) is 11.9. The number of nitrogens with one attached hydrogen (secondary N) is 1. The van der Waals surface area contributed by atoms with Gasteiger partial charge in [-0.3, -0.25) is 15.1 Å². The molecular formula is C15H25N3O2. The van der Waals surface area contributed by atoms with Crippen LogP contribution in [0.25, 0.3) is 0 Å². The summed E-state index contributed by atoms with van der Waals surface area (Å²) >= 11 is 0. The van der Waals surface area contributed by atoms with Crippen molar-refractivity contribution in [3.05, 3.63) is 33.1 Å². The summed E-state index contributed by atoms with van der Waals surface area (Å²) in [4.78, 5) is 15.1. The van der Waals surface area contributed by atoms with Crippen LogP contribution >= 0.6 is 0 Å². The van der Waals surface area contributed by atoms with Crippen LogP contribution in [0.15, 0.2) is 6.20 Å². The van der Waals surface area contributed by atoms with E-state index < -0.39 is 0 Å². The molecule has 5 nitrogen and oxygen atoms in total. The minimum atomic E-state index is -0.325. The van der Waals surface area contributed by atoms with Crippen LogP contribution in [0.5, 0.6) is 0 Å². The zero-order chi connectivity index (χ0) is 15.5. The summed E-state index contributed by atoms with van der Waals surface area (Å²) in [6, 6.07) is 0. The van der Waals surface area contributed by atoms with Crippen molar-refractivity contribution >= 4 is 5.69 Å². The first-order valence-electron chi connectivity index (χ1n) is 6.97. The molecule has 1 heterocycles. The summed E-state index contributed by atoms with van der Waals surface area (Å²) in [6.07, 6.45) is 1.58. The molecule has 0 unspecified atom stereocenters.